The predicted molar refractivity (Wildman–Crippen MR) is 153 cm³/mol. The lowest BCUT2D eigenvalue weighted by Crippen LogP contribution is -2.56. The molecular weight excluding hydrogens is 489 g/mol. The molecule has 2 aliphatic carbocycles. The van der Waals surface area contributed by atoms with E-state index in [4.69, 9.17) is 28.2 Å². The first-order valence-corrected chi connectivity index (χ1v) is 15.5. The fourth-order valence-corrected chi connectivity index (χ4v) is 8.08. The molecule has 0 aromatic carbocycles. The maximum Gasteiger partial charge on any atom is 0.239 e. The van der Waals surface area contributed by atoms with Crippen LogP contribution in [0.1, 0.15) is 85.5 Å². The zero-order valence-electron chi connectivity index (χ0n) is 23.0. The number of nitrogens with one attached hydrogen (secondary N) is 1. The molecule has 0 aromatic rings. The van der Waals surface area contributed by atoms with Crippen LogP contribution >= 0.6 is 23.2 Å². The maximum atomic E-state index is 13.8. The molecular formula is C30H49Cl2N3O. The molecule has 0 aromatic heterocycles. The van der Waals surface area contributed by atoms with Crippen molar-refractivity contribution in [1.29, 1.82) is 0 Å². The van der Waals surface area contributed by atoms with Crippen LogP contribution in [-0.4, -0.2) is 60.0 Å². The Balaban J connectivity index is 1.33. The van der Waals surface area contributed by atoms with Crippen LogP contribution in [0.5, 0.6) is 0 Å². The Bertz CT molecular complexity index is 802. The molecule has 3 unspecified atom stereocenters. The number of piperidine rings is 1. The molecule has 0 radical (unpaired) electrons. The molecule has 5 atom stereocenters. The van der Waals surface area contributed by atoms with Crippen LogP contribution in [0.4, 0.5) is 0 Å². The summed E-state index contributed by atoms with van der Waals surface area (Å²) in [4.78, 5) is 20.6. The zero-order chi connectivity index (χ0) is 25.9. The standard InChI is InChI=1S/C30H49Cl2N3O/c1-20(2)28(34-17-21-14-24(18-33-16-21)23-6-5-7-26(32)15-23)29(36)35-13-12-27(30(3,4)19-35)22-8-10-25(31)11-9-22/h14,18,20-23,25-28,34H,5-13,15-17,19H2,1-4H3/t21?,22?,23?,25?,26?,27-,28-/m1/s1. The van der Waals surface area contributed by atoms with Crippen molar-refractivity contribution in [1.82, 2.24) is 10.2 Å². The van der Waals surface area contributed by atoms with E-state index in [0.29, 0.717) is 28.5 Å². The summed E-state index contributed by atoms with van der Waals surface area (Å²) >= 11 is 12.8. The van der Waals surface area contributed by atoms with Gasteiger partial charge in [-0.05, 0) is 86.0 Å². The van der Waals surface area contributed by atoms with Crippen molar-refractivity contribution in [2.24, 2.45) is 40.0 Å². The molecule has 36 heavy (non-hydrogen) atoms. The smallest absolute Gasteiger partial charge is 0.239 e. The molecule has 4 rings (SSSR count). The summed E-state index contributed by atoms with van der Waals surface area (Å²) < 4.78 is 0. The molecule has 4 aliphatic rings. The van der Waals surface area contributed by atoms with Crippen molar-refractivity contribution < 1.29 is 4.79 Å². The van der Waals surface area contributed by atoms with E-state index in [2.05, 4.69) is 50.2 Å². The van der Waals surface area contributed by atoms with Gasteiger partial charge in [-0.2, -0.15) is 0 Å². The number of aliphatic imine (C=N–C) groups is 1. The van der Waals surface area contributed by atoms with Crippen LogP contribution in [0, 0.1) is 35.0 Å². The average Bonchev–Trinajstić information content (AvgIpc) is 2.84. The minimum Gasteiger partial charge on any atom is -0.341 e. The van der Waals surface area contributed by atoms with E-state index >= 15 is 0 Å². The first-order valence-electron chi connectivity index (χ1n) is 14.7. The predicted octanol–water partition coefficient (Wildman–Crippen LogP) is 6.70. The number of alkyl halides is 2. The van der Waals surface area contributed by atoms with Crippen LogP contribution in [0.25, 0.3) is 0 Å². The van der Waals surface area contributed by atoms with Crippen LogP contribution in [0.2, 0.25) is 0 Å². The minimum atomic E-state index is -0.145. The largest absolute Gasteiger partial charge is 0.341 e. The van der Waals surface area contributed by atoms with Gasteiger partial charge in [-0.25, -0.2) is 0 Å². The first-order chi connectivity index (χ1) is 17.1. The average molecular weight is 539 g/mol. The van der Waals surface area contributed by atoms with Gasteiger partial charge in [-0.3, -0.25) is 9.79 Å². The van der Waals surface area contributed by atoms with Crippen LogP contribution < -0.4 is 5.32 Å². The van der Waals surface area contributed by atoms with Gasteiger partial charge in [0, 0.05) is 49.1 Å². The molecule has 2 aliphatic heterocycles. The number of rotatable bonds is 7. The lowest BCUT2D eigenvalue weighted by Gasteiger charge is -2.49. The Morgan fingerprint density at radius 1 is 1.11 bits per heavy atom. The highest BCUT2D eigenvalue weighted by Crippen LogP contribution is 2.45. The third-order valence-electron chi connectivity index (χ3n) is 9.52. The second kappa shape index (κ2) is 12.5. The van der Waals surface area contributed by atoms with E-state index in [-0.39, 0.29) is 23.3 Å². The summed E-state index contributed by atoms with van der Waals surface area (Å²) in [6.45, 7) is 12.4. The van der Waals surface area contributed by atoms with Crippen molar-refractivity contribution in [2.45, 2.75) is 102 Å². The van der Waals surface area contributed by atoms with Crippen molar-refractivity contribution in [2.75, 3.05) is 26.2 Å². The summed E-state index contributed by atoms with van der Waals surface area (Å²) in [7, 11) is 0. The second-order valence-electron chi connectivity index (χ2n) is 13.2. The number of amides is 1. The number of hydrogen-bond acceptors (Lipinski definition) is 3. The van der Waals surface area contributed by atoms with Crippen molar-refractivity contribution in [3.05, 3.63) is 11.6 Å². The zero-order valence-corrected chi connectivity index (χ0v) is 24.5. The fraction of sp³-hybridized carbons (Fsp3) is 0.867. The third kappa shape index (κ3) is 7.08. The normalized spacial score (nSPS) is 36.0. The van der Waals surface area contributed by atoms with Gasteiger partial charge in [0.05, 0.1) is 6.04 Å². The van der Waals surface area contributed by atoms with Gasteiger partial charge in [-0.1, -0.05) is 40.2 Å². The number of dihydropyridines is 1. The van der Waals surface area contributed by atoms with E-state index in [1.165, 1.54) is 31.3 Å². The molecule has 2 saturated carbocycles. The number of likely N-dealkylation sites (tertiary alicyclic amines) is 1. The number of hydrogen-bond donors (Lipinski definition) is 1. The van der Waals surface area contributed by atoms with E-state index in [9.17, 15) is 4.79 Å². The molecule has 1 saturated heterocycles. The number of nitrogens with zero attached hydrogens (tertiary/aromatic N) is 2. The molecule has 6 heteroatoms. The lowest BCUT2D eigenvalue weighted by molar-refractivity contribution is -0.140. The Morgan fingerprint density at radius 3 is 2.53 bits per heavy atom. The van der Waals surface area contributed by atoms with E-state index < -0.39 is 0 Å². The molecule has 2 heterocycles. The molecule has 0 spiro atoms. The van der Waals surface area contributed by atoms with E-state index in [0.717, 1.165) is 64.2 Å². The van der Waals surface area contributed by atoms with E-state index in [1.54, 1.807) is 0 Å². The Morgan fingerprint density at radius 2 is 1.86 bits per heavy atom. The summed E-state index contributed by atoms with van der Waals surface area (Å²) in [6, 6.07) is -0.145. The topological polar surface area (TPSA) is 44.7 Å². The van der Waals surface area contributed by atoms with Gasteiger partial charge in [0.25, 0.3) is 0 Å². The van der Waals surface area contributed by atoms with Gasteiger partial charge in [0.1, 0.15) is 0 Å². The van der Waals surface area contributed by atoms with Gasteiger partial charge >= 0.3 is 0 Å². The molecule has 4 nitrogen and oxygen atoms in total. The van der Waals surface area contributed by atoms with Crippen LogP contribution in [0.3, 0.4) is 0 Å². The molecule has 1 N–H and O–H groups in total. The minimum absolute atomic E-state index is 0.145. The Hall–Kier alpha value is -0.580. The molecule has 0 bridgehead atoms. The van der Waals surface area contributed by atoms with Gasteiger partial charge < -0.3 is 10.2 Å². The highest BCUT2D eigenvalue weighted by atomic mass is 35.5. The van der Waals surface area contributed by atoms with Crippen LogP contribution in [0.15, 0.2) is 16.6 Å². The van der Waals surface area contributed by atoms with Gasteiger partial charge in [0.15, 0.2) is 0 Å². The fourth-order valence-electron chi connectivity index (χ4n) is 7.46. The first kappa shape index (κ1) is 28.4. The van der Waals surface area contributed by atoms with Crippen molar-refractivity contribution in [3.63, 3.8) is 0 Å². The SMILES string of the molecule is CC(C)[C@@H](NCC1C=C(C2CCCC(Cl)C2)C=NC1)C(=O)N1CC[C@H](C2CCC(Cl)CC2)C(C)(C)C1. The van der Waals surface area contributed by atoms with Crippen molar-refractivity contribution in [3.8, 4) is 0 Å². The lowest BCUT2D eigenvalue weighted by atomic mass is 9.64. The number of allylic oxidation sites excluding steroid dienone is 1. The summed E-state index contributed by atoms with van der Waals surface area (Å²) in [5.41, 5.74) is 1.51. The van der Waals surface area contributed by atoms with Gasteiger partial charge in [-0.15, -0.1) is 23.2 Å². The monoisotopic (exact) mass is 537 g/mol. The summed E-state index contributed by atoms with van der Waals surface area (Å²) in [5.74, 6) is 2.86. The van der Waals surface area contributed by atoms with E-state index in [1.807, 2.05) is 0 Å². The second-order valence-corrected chi connectivity index (χ2v) is 14.4. The third-order valence-corrected chi connectivity index (χ3v) is 10.3. The summed E-state index contributed by atoms with van der Waals surface area (Å²) in [5, 5.41) is 4.33. The Kier molecular flexibility index (Phi) is 9.88. The van der Waals surface area contributed by atoms with Gasteiger partial charge in [0.2, 0.25) is 5.91 Å². The quantitative estimate of drug-likeness (QED) is 0.367. The van der Waals surface area contributed by atoms with Crippen molar-refractivity contribution >= 4 is 35.3 Å². The molecule has 204 valence electrons. The van der Waals surface area contributed by atoms with Crippen LogP contribution in [-0.2, 0) is 4.79 Å². The number of carbonyl (C=O) groups excluding carboxylic acids is 1. The number of halogens is 2. The highest BCUT2D eigenvalue weighted by Gasteiger charge is 2.43. The highest BCUT2D eigenvalue weighted by molar-refractivity contribution is 6.20. The molecule has 3 fully saturated rings. The summed E-state index contributed by atoms with van der Waals surface area (Å²) in [6.07, 6.45) is 15.0. The Labute approximate surface area is 230 Å². The molecule has 1 amide bonds. The maximum absolute atomic E-state index is 13.8. The number of carbonyl (C=O) groups is 1.